The van der Waals surface area contributed by atoms with Gasteiger partial charge in [-0.1, -0.05) is 23.7 Å². The number of hydrogen-bond acceptors (Lipinski definition) is 4. The fourth-order valence-corrected chi connectivity index (χ4v) is 4.74. The van der Waals surface area contributed by atoms with Crippen molar-refractivity contribution in [1.82, 2.24) is 9.88 Å². The zero-order valence-electron chi connectivity index (χ0n) is 21.0. The Bertz CT molecular complexity index is 1280. The number of halogens is 1. The van der Waals surface area contributed by atoms with E-state index in [1.165, 1.54) is 34.9 Å². The molecule has 4 rings (SSSR count). The van der Waals surface area contributed by atoms with Crippen molar-refractivity contribution >= 4 is 46.0 Å². The molecule has 4 N–H and O–H groups in total. The zero-order chi connectivity index (χ0) is 26.9. The molecular formula is C28H32ClN3O5. The average molecular weight is 526 g/mol. The minimum Gasteiger partial charge on any atom is -0.478 e. The molecule has 1 aliphatic rings. The largest absolute Gasteiger partial charge is 0.478 e. The maximum absolute atomic E-state index is 11.3. The normalized spacial score (nSPS) is 14.4. The topological polar surface area (TPSA) is 123 Å². The summed E-state index contributed by atoms with van der Waals surface area (Å²) in [5.74, 6) is -1.94. The molecular weight excluding hydrogens is 494 g/mol. The fraction of sp³-hybridized carbons (Fsp3) is 0.321. The first-order chi connectivity index (χ1) is 17.6. The van der Waals surface area contributed by atoms with Crippen molar-refractivity contribution in [2.45, 2.75) is 39.0 Å². The summed E-state index contributed by atoms with van der Waals surface area (Å²) in [7, 11) is 0. The zero-order valence-corrected chi connectivity index (χ0v) is 21.7. The summed E-state index contributed by atoms with van der Waals surface area (Å²) in [6.07, 6.45) is 6.65. The number of amides is 1. The van der Waals surface area contributed by atoms with Crippen molar-refractivity contribution in [1.29, 1.82) is 0 Å². The van der Waals surface area contributed by atoms with Crippen LogP contribution in [0.4, 0.5) is 5.69 Å². The molecule has 1 amide bonds. The van der Waals surface area contributed by atoms with Crippen LogP contribution < -0.4 is 5.32 Å². The molecule has 0 bridgehead atoms. The number of nitrogens with zero attached hydrogens (tertiary/aromatic N) is 1. The number of piperidine rings is 1. The SMILES string of the molecule is CC(=O)Nc1ccc(C)c(CCN2CCC(c3c[nH]c4cc(Cl)ccc34)CC2)c1.O=C(O)/C=C/C(=O)O. The highest BCUT2D eigenvalue weighted by atomic mass is 35.5. The first kappa shape index (κ1) is 28.0. The molecule has 0 aliphatic carbocycles. The number of fused-ring (bicyclic) bond motifs is 1. The lowest BCUT2D eigenvalue weighted by Gasteiger charge is -2.32. The standard InChI is InChI=1S/C24H28ClN3O.C4H4O4/c1-16-3-5-21(27-17(2)29)13-19(16)9-12-28-10-7-18(8-11-28)23-15-26-24-14-20(25)4-6-22(23)24;5-3(6)1-2-4(7)8/h3-6,13-15,18,26H,7-12H2,1-2H3,(H,27,29);1-2H,(H,5,6)(H,7,8)/b;2-1+. The molecule has 9 heteroatoms. The predicted molar refractivity (Wildman–Crippen MR) is 145 cm³/mol. The molecule has 2 heterocycles. The van der Waals surface area contributed by atoms with Crippen LogP contribution in [0.15, 0.2) is 54.7 Å². The van der Waals surface area contributed by atoms with Crippen molar-refractivity contribution < 1.29 is 24.6 Å². The molecule has 1 fully saturated rings. The summed E-state index contributed by atoms with van der Waals surface area (Å²) in [6, 6.07) is 12.3. The molecule has 196 valence electrons. The lowest BCUT2D eigenvalue weighted by Crippen LogP contribution is -2.34. The maximum atomic E-state index is 11.3. The summed E-state index contributed by atoms with van der Waals surface area (Å²) in [5.41, 5.74) is 6.04. The number of aromatic nitrogens is 1. The Morgan fingerprint density at radius 2 is 1.76 bits per heavy atom. The number of hydrogen-bond donors (Lipinski definition) is 4. The van der Waals surface area contributed by atoms with Crippen molar-refractivity contribution in [2.24, 2.45) is 0 Å². The summed E-state index contributed by atoms with van der Waals surface area (Å²) in [6.45, 7) is 6.99. The van der Waals surface area contributed by atoms with Gasteiger partial charge in [0.15, 0.2) is 0 Å². The third kappa shape index (κ3) is 8.48. The highest BCUT2D eigenvalue weighted by molar-refractivity contribution is 6.31. The van der Waals surface area contributed by atoms with Gasteiger partial charge in [0.1, 0.15) is 0 Å². The number of benzene rings is 2. The van der Waals surface area contributed by atoms with E-state index in [0.29, 0.717) is 18.1 Å². The van der Waals surface area contributed by atoms with Crippen LogP contribution in [0.3, 0.4) is 0 Å². The van der Waals surface area contributed by atoms with E-state index in [0.717, 1.165) is 42.3 Å². The lowest BCUT2D eigenvalue weighted by molar-refractivity contribution is -0.134. The Labute approximate surface area is 220 Å². The van der Waals surface area contributed by atoms with Crippen LogP contribution >= 0.6 is 11.6 Å². The fourth-order valence-electron chi connectivity index (χ4n) is 4.57. The molecule has 0 atom stereocenters. The van der Waals surface area contributed by atoms with Gasteiger partial charge in [-0.3, -0.25) is 4.79 Å². The van der Waals surface area contributed by atoms with Crippen LogP contribution in [0.25, 0.3) is 10.9 Å². The van der Waals surface area contributed by atoms with E-state index in [-0.39, 0.29) is 5.91 Å². The molecule has 1 aliphatic heterocycles. The van der Waals surface area contributed by atoms with Gasteiger partial charge in [0.05, 0.1) is 0 Å². The summed E-state index contributed by atoms with van der Waals surface area (Å²) in [4.78, 5) is 36.4. The molecule has 0 saturated carbocycles. The van der Waals surface area contributed by atoms with Crippen molar-refractivity contribution in [3.05, 3.63) is 76.5 Å². The van der Waals surface area contributed by atoms with E-state index >= 15 is 0 Å². The van der Waals surface area contributed by atoms with Crippen molar-refractivity contribution in [2.75, 3.05) is 25.0 Å². The number of carboxylic acids is 2. The Hall–Kier alpha value is -3.62. The number of aromatic amines is 1. The molecule has 1 saturated heterocycles. The van der Waals surface area contributed by atoms with Gasteiger partial charge in [0, 0.05) is 53.4 Å². The number of anilines is 1. The molecule has 0 unspecified atom stereocenters. The first-order valence-corrected chi connectivity index (χ1v) is 12.5. The van der Waals surface area contributed by atoms with E-state index in [2.05, 4.69) is 46.5 Å². The minimum atomic E-state index is -1.26. The molecule has 1 aromatic heterocycles. The second-order valence-electron chi connectivity index (χ2n) is 9.13. The number of likely N-dealkylation sites (tertiary alicyclic amines) is 1. The van der Waals surface area contributed by atoms with E-state index in [9.17, 15) is 14.4 Å². The first-order valence-electron chi connectivity index (χ1n) is 12.1. The smallest absolute Gasteiger partial charge is 0.328 e. The number of H-pyrrole nitrogens is 1. The van der Waals surface area contributed by atoms with Gasteiger partial charge in [-0.25, -0.2) is 9.59 Å². The minimum absolute atomic E-state index is 0.0265. The summed E-state index contributed by atoms with van der Waals surface area (Å²) >= 11 is 6.12. The molecule has 0 radical (unpaired) electrons. The molecule has 2 aromatic carbocycles. The van der Waals surface area contributed by atoms with Crippen LogP contribution in [0.1, 0.15) is 42.4 Å². The van der Waals surface area contributed by atoms with Crippen LogP contribution in [0.2, 0.25) is 5.02 Å². The Morgan fingerprint density at radius 1 is 1.08 bits per heavy atom. The van der Waals surface area contributed by atoms with Gasteiger partial charge < -0.3 is 25.4 Å². The second kappa shape index (κ2) is 13.1. The van der Waals surface area contributed by atoms with Gasteiger partial charge in [0.2, 0.25) is 5.91 Å². The predicted octanol–water partition coefficient (Wildman–Crippen LogP) is 5.22. The highest BCUT2D eigenvalue weighted by Crippen LogP contribution is 2.34. The number of aliphatic carboxylic acids is 2. The van der Waals surface area contributed by atoms with Crippen LogP contribution in [0, 0.1) is 6.92 Å². The average Bonchev–Trinajstić information content (AvgIpc) is 3.26. The van der Waals surface area contributed by atoms with Crippen LogP contribution in [-0.4, -0.2) is 57.6 Å². The van der Waals surface area contributed by atoms with Gasteiger partial charge >= 0.3 is 11.9 Å². The molecule has 8 nitrogen and oxygen atoms in total. The molecule has 0 spiro atoms. The molecule has 37 heavy (non-hydrogen) atoms. The lowest BCUT2D eigenvalue weighted by atomic mass is 9.89. The number of nitrogens with one attached hydrogen (secondary N) is 2. The van der Waals surface area contributed by atoms with Gasteiger partial charge in [-0.15, -0.1) is 0 Å². The third-order valence-electron chi connectivity index (χ3n) is 6.44. The maximum Gasteiger partial charge on any atom is 0.328 e. The molecule has 3 aromatic rings. The van der Waals surface area contributed by atoms with E-state index in [1.807, 2.05) is 18.2 Å². The Morgan fingerprint density at radius 3 is 2.38 bits per heavy atom. The van der Waals surface area contributed by atoms with E-state index in [1.54, 1.807) is 6.92 Å². The van der Waals surface area contributed by atoms with Crippen molar-refractivity contribution in [3.8, 4) is 0 Å². The highest BCUT2D eigenvalue weighted by Gasteiger charge is 2.22. The number of rotatable bonds is 7. The van der Waals surface area contributed by atoms with E-state index in [4.69, 9.17) is 21.8 Å². The van der Waals surface area contributed by atoms with Crippen LogP contribution in [0.5, 0.6) is 0 Å². The Kier molecular flexibility index (Phi) is 9.88. The summed E-state index contributed by atoms with van der Waals surface area (Å²) in [5, 5.41) is 20.6. The van der Waals surface area contributed by atoms with Crippen LogP contribution in [-0.2, 0) is 20.8 Å². The quantitative estimate of drug-likeness (QED) is 0.313. The third-order valence-corrected chi connectivity index (χ3v) is 6.67. The monoisotopic (exact) mass is 525 g/mol. The number of carbonyl (C=O) groups is 3. The van der Waals surface area contributed by atoms with E-state index < -0.39 is 11.9 Å². The second-order valence-corrected chi connectivity index (χ2v) is 9.57. The van der Waals surface area contributed by atoms with Gasteiger partial charge in [0.25, 0.3) is 0 Å². The van der Waals surface area contributed by atoms with Gasteiger partial charge in [-0.05, 0) is 86.1 Å². The number of aryl methyl sites for hydroxylation is 1. The van der Waals surface area contributed by atoms with Crippen molar-refractivity contribution in [3.63, 3.8) is 0 Å². The number of carbonyl (C=O) groups excluding carboxylic acids is 1. The Balaban J connectivity index is 0.000000414. The van der Waals surface area contributed by atoms with Gasteiger partial charge in [-0.2, -0.15) is 0 Å². The summed E-state index contributed by atoms with van der Waals surface area (Å²) < 4.78 is 0. The number of carboxylic acid groups (broad SMARTS) is 2.